The van der Waals surface area contributed by atoms with E-state index >= 15 is 0 Å². The van der Waals surface area contributed by atoms with E-state index in [2.05, 4.69) is 12.2 Å². The van der Waals surface area contributed by atoms with Gasteiger partial charge in [-0.3, -0.25) is 4.79 Å². The Hall–Kier alpha value is -0.570. The first-order chi connectivity index (χ1) is 7.69. The number of rotatable bonds is 5. The smallest absolute Gasteiger partial charge is 0.249 e. The summed E-state index contributed by atoms with van der Waals surface area (Å²) in [6.07, 6.45) is 7.20. The van der Waals surface area contributed by atoms with Crippen LogP contribution in [0.3, 0.4) is 0 Å². The van der Waals surface area contributed by atoms with Crippen LogP contribution in [-0.2, 0) is 9.53 Å². The van der Waals surface area contributed by atoms with Gasteiger partial charge >= 0.3 is 0 Å². The summed E-state index contributed by atoms with van der Waals surface area (Å²) in [5.74, 6) is 0.701. The summed E-state index contributed by atoms with van der Waals surface area (Å²) < 4.78 is 5.03. The van der Waals surface area contributed by atoms with E-state index in [4.69, 9.17) is 4.74 Å². The second-order valence-corrected chi connectivity index (χ2v) is 4.80. The summed E-state index contributed by atoms with van der Waals surface area (Å²) in [7, 11) is 1.58. The number of nitrogens with one attached hydrogen (secondary N) is 1. The fourth-order valence-electron chi connectivity index (χ4n) is 2.50. The first-order valence-electron chi connectivity index (χ1n) is 6.52. The highest BCUT2D eigenvalue weighted by atomic mass is 16.5. The van der Waals surface area contributed by atoms with Crippen LogP contribution in [-0.4, -0.2) is 25.2 Å². The van der Waals surface area contributed by atoms with Crippen molar-refractivity contribution in [1.29, 1.82) is 0 Å². The fourth-order valence-corrected chi connectivity index (χ4v) is 2.50. The molecule has 1 aliphatic rings. The lowest BCUT2D eigenvalue weighted by molar-refractivity contribution is -0.131. The number of amides is 1. The molecule has 0 heterocycles. The number of ether oxygens (including phenoxy) is 1. The fraction of sp³-hybridized carbons (Fsp3) is 0.923. The highest BCUT2D eigenvalue weighted by molar-refractivity contribution is 5.80. The Balaban J connectivity index is 2.44. The zero-order valence-electron chi connectivity index (χ0n) is 10.8. The van der Waals surface area contributed by atoms with E-state index in [1.165, 1.54) is 32.1 Å². The Morgan fingerprint density at radius 1 is 1.38 bits per heavy atom. The number of carbonyl (C=O) groups excluding carboxylic acids is 1. The van der Waals surface area contributed by atoms with Gasteiger partial charge in [0, 0.05) is 13.2 Å². The normalized spacial score (nSPS) is 21.4. The molecule has 0 spiro atoms. The third-order valence-corrected chi connectivity index (χ3v) is 3.71. The molecule has 1 rings (SSSR count). The van der Waals surface area contributed by atoms with Crippen LogP contribution in [0.2, 0.25) is 0 Å². The van der Waals surface area contributed by atoms with Crippen LogP contribution in [0.15, 0.2) is 0 Å². The van der Waals surface area contributed by atoms with Crippen molar-refractivity contribution in [2.75, 3.05) is 7.11 Å². The van der Waals surface area contributed by atoms with Crippen molar-refractivity contribution in [3.05, 3.63) is 0 Å². The molecular weight excluding hydrogens is 202 g/mol. The number of methoxy groups -OCH3 is 1. The monoisotopic (exact) mass is 227 g/mol. The average molecular weight is 227 g/mol. The number of carbonyl (C=O) groups is 1. The van der Waals surface area contributed by atoms with Crippen LogP contribution in [0.25, 0.3) is 0 Å². The summed E-state index contributed by atoms with van der Waals surface area (Å²) in [4.78, 5) is 11.7. The van der Waals surface area contributed by atoms with E-state index < -0.39 is 0 Å². The SMILES string of the molecule is CCC(NC(=O)C(C)OC)C1CCCCC1. The Morgan fingerprint density at radius 2 is 2.00 bits per heavy atom. The molecule has 0 aromatic rings. The molecule has 94 valence electrons. The Labute approximate surface area is 98.9 Å². The third kappa shape index (κ3) is 3.78. The van der Waals surface area contributed by atoms with Crippen molar-refractivity contribution in [2.45, 2.75) is 64.5 Å². The quantitative estimate of drug-likeness (QED) is 0.783. The van der Waals surface area contributed by atoms with Crippen molar-refractivity contribution in [3.8, 4) is 0 Å². The first-order valence-corrected chi connectivity index (χ1v) is 6.52. The predicted octanol–water partition coefficient (Wildman–Crippen LogP) is 2.50. The van der Waals surface area contributed by atoms with Crippen molar-refractivity contribution in [3.63, 3.8) is 0 Å². The molecule has 3 heteroatoms. The lowest BCUT2D eigenvalue weighted by atomic mass is 9.83. The van der Waals surface area contributed by atoms with Crippen LogP contribution in [0.5, 0.6) is 0 Å². The van der Waals surface area contributed by atoms with E-state index in [0.29, 0.717) is 12.0 Å². The highest BCUT2D eigenvalue weighted by Crippen LogP contribution is 2.27. The Bertz CT molecular complexity index is 212. The molecule has 1 fully saturated rings. The van der Waals surface area contributed by atoms with Gasteiger partial charge in [-0.1, -0.05) is 26.2 Å². The van der Waals surface area contributed by atoms with Gasteiger partial charge in [0.1, 0.15) is 6.10 Å². The van der Waals surface area contributed by atoms with E-state index in [0.717, 1.165) is 6.42 Å². The summed E-state index contributed by atoms with van der Waals surface area (Å²) >= 11 is 0. The molecule has 0 saturated heterocycles. The van der Waals surface area contributed by atoms with Gasteiger partial charge in [0.25, 0.3) is 0 Å². The van der Waals surface area contributed by atoms with E-state index in [9.17, 15) is 4.79 Å². The zero-order chi connectivity index (χ0) is 12.0. The lowest BCUT2D eigenvalue weighted by Gasteiger charge is -2.30. The lowest BCUT2D eigenvalue weighted by Crippen LogP contribution is -2.44. The number of hydrogen-bond acceptors (Lipinski definition) is 2. The van der Waals surface area contributed by atoms with Gasteiger partial charge in [0.2, 0.25) is 5.91 Å². The maximum Gasteiger partial charge on any atom is 0.249 e. The molecule has 2 unspecified atom stereocenters. The average Bonchev–Trinajstić information content (AvgIpc) is 2.35. The second kappa shape index (κ2) is 6.89. The standard InChI is InChI=1S/C13H25NO2/c1-4-12(11-8-6-5-7-9-11)14-13(15)10(2)16-3/h10-12H,4-9H2,1-3H3,(H,14,15). The maximum atomic E-state index is 11.7. The zero-order valence-corrected chi connectivity index (χ0v) is 10.8. The summed E-state index contributed by atoms with van der Waals surface area (Å²) in [5, 5.41) is 3.12. The molecule has 2 atom stereocenters. The van der Waals surface area contributed by atoms with E-state index in [-0.39, 0.29) is 12.0 Å². The van der Waals surface area contributed by atoms with Gasteiger partial charge in [-0.15, -0.1) is 0 Å². The van der Waals surface area contributed by atoms with Crippen molar-refractivity contribution in [2.24, 2.45) is 5.92 Å². The van der Waals surface area contributed by atoms with Gasteiger partial charge in [-0.25, -0.2) is 0 Å². The van der Waals surface area contributed by atoms with Gasteiger partial charge in [-0.05, 0) is 32.1 Å². The summed E-state index contributed by atoms with van der Waals surface area (Å²) in [5.41, 5.74) is 0. The van der Waals surface area contributed by atoms with E-state index in [1.54, 1.807) is 14.0 Å². The molecule has 0 radical (unpaired) electrons. The minimum atomic E-state index is -0.336. The Morgan fingerprint density at radius 3 is 2.50 bits per heavy atom. The highest BCUT2D eigenvalue weighted by Gasteiger charge is 2.25. The molecular formula is C13H25NO2. The molecule has 0 aromatic carbocycles. The largest absolute Gasteiger partial charge is 0.372 e. The van der Waals surface area contributed by atoms with E-state index in [1.807, 2.05) is 0 Å². The second-order valence-electron chi connectivity index (χ2n) is 4.80. The van der Waals surface area contributed by atoms with Crippen molar-refractivity contribution < 1.29 is 9.53 Å². The van der Waals surface area contributed by atoms with Gasteiger partial charge in [0.15, 0.2) is 0 Å². The predicted molar refractivity (Wildman–Crippen MR) is 65.3 cm³/mol. The Kier molecular flexibility index (Phi) is 5.81. The molecule has 16 heavy (non-hydrogen) atoms. The van der Waals surface area contributed by atoms with Crippen molar-refractivity contribution >= 4 is 5.91 Å². The van der Waals surface area contributed by atoms with Crippen LogP contribution in [0.1, 0.15) is 52.4 Å². The van der Waals surface area contributed by atoms with Gasteiger partial charge in [-0.2, -0.15) is 0 Å². The van der Waals surface area contributed by atoms with Gasteiger partial charge < -0.3 is 10.1 Å². The molecule has 0 aromatic heterocycles. The minimum Gasteiger partial charge on any atom is -0.372 e. The molecule has 0 bridgehead atoms. The topological polar surface area (TPSA) is 38.3 Å². The van der Waals surface area contributed by atoms with Gasteiger partial charge in [0.05, 0.1) is 0 Å². The summed E-state index contributed by atoms with van der Waals surface area (Å²) in [6, 6.07) is 0.338. The molecule has 1 saturated carbocycles. The minimum absolute atomic E-state index is 0.0277. The van der Waals surface area contributed by atoms with Crippen LogP contribution >= 0.6 is 0 Å². The van der Waals surface area contributed by atoms with Crippen LogP contribution in [0.4, 0.5) is 0 Å². The molecule has 1 aliphatic carbocycles. The maximum absolute atomic E-state index is 11.7. The molecule has 1 N–H and O–H groups in total. The first kappa shape index (κ1) is 13.5. The van der Waals surface area contributed by atoms with Crippen molar-refractivity contribution in [1.82, 2.24) is 5.32 Å². The molecule has 0 aliphatic heterocycles. The number of hydrogen-bond donors (Lipinski definition) is 1. The molecule has 3 nitrogen and oxygen atoms in total. The third-order valence-electron chi connectivity index (χ3n) is 3.71. The van der Waals surface area contributed by atoms with Crippen LogP contribution in [0, 0.1) is 5.92 Å². The van der Waals surface area contributed by atoms with Crippen LogP contribution < -0.4 is 5.32 Å². The molecule has 1 amide bonds. The summed E-state index contributed by atoms with van der Waals surface area (Å²) in [6.45, 7) is 3.94.